The number of anilines is 1. The Kier molecular flexibility index (Phi) is 4.97. The van der Waals surface area contributed by atoms with E-state index in [9.17, 15) is 4.79 Å². The van der Waals surface area contributed by atoms with Gasteiger partial charge in [0.1, 0.15) is 5.75 Å². The average Bonchev–Trinajstić information content (AvgIpc) is 2.86. The Morgan fingerprint density at radius 2 is 1.93 bits per heavy atom. The molecule has 0 radical (unpaired) electrons. The van der Waals surface area contributed by atoms with Crippen molar-refractivity contribution in [2.24, 2.45) is 0 Å². The molecule has 1 spiro atoms. The van der Waals surface area contributed by atoms with Gasteiger partial charge < -0.3 is 19.1 Å². The molecular formula is C21H22BrNO4. The van der Waals surface area contributed by atoms with E-state index in [0.29, 0.717) is 19.8 Å². The van der Waals surface area contributed by atoms with Crippen LogP contribution in [-0.4, -0.2) is 25.2 Å². The van der Waals surface area contributed by atoms with E-state index < -0.39 is 5.79 Å². The van der Waals surface area contributed by atoms with Crippen molar-refractivity contribution in [2.45, 2.75) is 38.7 Å². The molecule has 4 rings (SSSR count). The van der Waals surface area contributed by atoms with Crippen LogP contribution in [0.3, 0.4) is 0 Å². The van der Waals surface area contributed by atoms with Gasteiger partial charge in [-0.15, -0.1) is 0 Å². The van der Waals surface area contributed by atoms with Crippen LogP contribution in [0.4, 0.5) is 5.69 Å². The molecular weight excluding hydrogens is 410 g/mol. The van der Waals surface area contributed by atoms with E-state index in [4.69, 9.17) is 14.2 Å². The van der Waals surface area contributed by atoms with Crippen LogP contribution in [-0.2, 0) is 26.6 Å². The summed E-state index contributed by atoms with van der Waals surface area (Å²) in [5.41, 5.74) is 2.51. The molecule has 142 valence electrons. The van der Waals surface area contributed by atoms with Crippen molar-refractivity contribution in [1.29, 1.82) is 0 Å². The number of carbonyl (C=O) groups is 1. The second-order valence-electron chi connectivity index (χ2n) is 6.99. The van der Waals surface area contributed by atoms with E-state index >= 15 is 0 Å². The lowest BCUT2D eigenvalue weighted by molar-refractivity contribution is -0.256. The molecule has 0 atom stereocenters. The van der Waals surface area contributed by atoms with Gasteiger partial charge in [0.2, 0.25) is 0 Å². The number of fused-ring (bicyclic) bond motifs is 2. The van der Waals surface area contributed by atoms with Crippen molar-refractivity contribution >= 4 is 27.5 Å². The van der Waals surface area contributed by atoms with Crippen molar-refractivity contribution in [3.8, 4) is 5.75 Å². The Hall–Kier alpha value is -1.89. The van der Waals surface area contributed by atoms with E-state index in [1.54, 1.807) is 4.90 Å². The van der Waals surface area contributed by atoms with Crippen molar-refractivity contribution < 1.29 is 19.0 Å². The van der Waals surface area contributed by atoms with Crippen molar-refractivity contribution in [2.75, 3.05) is 18.1 Å². The molecule has 0 bridgehead atoms. The highest BCUT2D eigenvalue weighted by Crippen LogP contribution is 2.47. The monoisotopic (exact) mass is 431 g/mol. The summed E-state index contributed by atoms with van der Waals surface area (Å²) < 4.78 is 18.6. The van der Waals surface area contributed by atoms with E-state index in [2.05, 4.69) is 15.9 Å². The van der Waals surface area contributed by atoms with Crippen LogP contribution in [0.1, 0.15) is 31.4 Å². The molecule has 1 saturated heterocycles. The molecule has 0 saturated carbocycles. The lowest BCUT2D eigenvalue weighted by Crippen LogP contribution is -2.47. The van der Waals surface area contributed by atoms with Gasteiger partial charge in [-0.3, -0.25) is 4.79 Å². The predicted molar refractivity (Wildman–Crippen MR) is 106 cm³/mol. The largest absolute Gasteiger partial charge is 0.491 e. The summed E-state index contributed by atoms with van der Waals surface area (Å²) in [7, 11) is 0. The van der Waals surface area contributed by atoms with Gasteiger partial charge in [-0.25, -0.2) is 0 Å². The van der Waals surface area contributed by atoms with E-state index in [1.807, 2.05) is 56.3 Å². The number of benzene rings is 2. The van der Waals surface area contributed by atoms with Crippen LogP contribution in [0.15, 0.2) is 46.9 Å². The molecule has 2 aromatic rings. The summed E-state index contributed by atoms with van der Waals surface area (Å²) in [5, 5.41) is 0. The quantitative estimate of drug-likeness (QED) is 0.720. The molecule has 27 heavy (non-hydrogen) atoms. The molecule has 0 aromatic heterocycles. The van der Waals surface area contributed by atoms with Crippen LogP contribution in [0, 0.1) is 0 Å². The maximum atomic E-state index is 13.4. The number of amides is 1. The molecule has 2 aromatic carbocycles. The molecule has 2 heterocycles. The molecule has 6 heteroatoms. The summed E-state index contributed by atoms with van der Waals surface area (Å²) in [6.07, 6.45) is 0.837. The number of hydrogen-bond acceptors (Lipinski definition) is 4. The zero-order valence-electron chi connectivity index (χ0n) is 15.4. The smallest absolute Gasteiger partial charge is 0.292 e. The fraction of sp³-hybridized carbons (Fsp3) is 0.381. The number of nitrogens with zero attached hydrogens (tertiary/aromatic N) is 1. The summed E-state index contributed by atoms with van der Waals surface area (Å²) in [6, 6.07) is 13.6. The highest BCUT2D eigenvalue weighted by molar-refractivity contribution is 9.10. The highest BCUT2D eigenvalue weighted by atomic mass is 79.9. The number of hydrogen-bond donors (Lipinski definition) is 0. The molecule has 1 fully saturated rings. The number of ether oxygens (including phenoxy) is 3. The predicted octanol–water partition coefficient (Wildman–Crippen LogP) is 4.37. The SMILES string of the molecule is CC(C)Oc1ccccc1CN1C(=O)C2(OCCCO2)c2cc(Br)ccc21. The maximum absolute atomic E-state index is 13.4. The average molecular weight is 432 g/mol. The van der Waals surface area contributed by atoms with Crippen molar-refractivity contribution in [1.82, 2.24) is 0 Å². The lowest BCUT2D eigenvalue weighted by Gasteiger charge is -2.32. The van der Waals surface area contributed by atoms with Gasteiger partial charge >= 0.3 is 0 Å². The molecule has 0 unspecified atom stereocenters. The number of carbonyl (C=O) groups excluding carboxylic acids is 1. The minimum atomic E-state index is -1.34. The van der Waals surface area contributed by atoms with E-state index in [0.717, 1.165) is 33.5 Å². The second kappa shape index (κ2) is 7.26. The van der Waals surface area contributed by atoms with Crippen LogP contribution < -0.4 is 9.64 Å². The van der Waals surface area contributed by atoms with Gasteiger partial charge in [0, 0.05) is 15.6 Å². The zero-order valence-corrected chi connectivity index (χ0v) is 17.0. The Bertz CT molecular complexity index is 861. The van der Waals surface area contributed by atoms with Gasteiger partial charge in [0.15, 0.2) is 0 Å². The van der Waals surface area contributed by atoms with Gasteiger partial charge in [0.25, 0.3) is 11.7 Å². The van der Waals surface area contributed by atoms with Crippen LogP contribution in [0.25, 0.3) is 0 Å². The van der Waals surface area contributed by atoms with E-state index in [-0.39, 0.29) is 12.0 Å². The third-order valence-corrected chi connectivity index (χ3v) is 5.19. The summed E-state index contributed by atoms with van der Waals surface area (Å²) in [5.74, 6) is -0.745. The summed E-state index contributed by atoms with van der Waals surface area (Å²) in [4.78, 5) is 15.1. The topological polar surface area (TPSA) is 48.0 Å². The first kappa shape index (κ1) is 18.5. The fourth-order valence-corrected chi connectivity index (χ4v) is 3.91. The molecule has 0 aliphatic carbocycles. The molecule has 5 nitrogen and oxygen atoms in total. The number of rotatable bonds is 4. The zero-order chi connectivity index (χ0) is 19.0. The van der Waals surface area contributed by atoms with Gasteiger partial charge in [-0.1, -0.05) is 34.1 Å². The molecule has 0 N–H and O–H groups in total. The van der Waals surface area contributed by atoms with Crippen molar-refractivity contribution in [3.63, 3.8) is 0 Å². The number of halogens is 1. The first-order valence-electron chi connectivity index (χ1n) is 9.16. The Morgan fingerprint density at radius 3 is 2.67 bits per heavy atom. The first-order valence-corrected chi connectivity index (χ1v) is 9.95. The third kappa shape index (κ3) is 3.26. The molecule has 2 aliphatic heterocycles. The van der Waals surface area contributed by atoms with Crippen LogP contribution in [0.2, 0.25) is 0 Å². The first-order chi connectivity index (χ1) is 13.0. The third-order valence-electron chi connectivity index (χ3n) is 4.69. The van der Waals surface area contributed by atoms with E-state index in [1.165, 1.54) is 0 Å². The second-order valence-corrected chi connectivity index (χ2v) is 7.91. The van der Waals surface area contributed by atoms with Gasteiger partial charge in [-0.2, -0.15) is 0 Å². The summed E-state index contributed by atoms with van der Waals surface area (Å²) in [6.45, 7) is 5.37. The van der Waals surface area contributed by atoms with Crippen LogP contribution >= 0.6 is 15.9 Å². The van der Waals surface area contributed by atoms with Gasteiger partial charge in [-0.05, 0) is 44.5 Å². The van der Waals surface area contributed by atoms with Crippen LogP contribution in [0.5, 0.6) is 5.75 Å². The standard InChI is InChI=1S/C21H22BrNO4/c1-14(2)27-19-7-4-3-6-15(19)13-23-18-9-8-16(22)12-17(18)21(20(23)24)25-10-5-11-26-21/h3-4,6-9,12,14H,5,10-11,13H2,1-2H3. The van der Waals surface area contributed by atoms with Gasteiger partial charge in [0.05, 0.1) is 31.5 Å². The highest BCUT2D eigenvalue weighted by Gasteiger charge is 2.55. The molecule has 2 aliphatic rings. The molecule has 1 amide bonds. The normalized spacial score (nSPS) is 18.2. The Morgan fingerprint density at radius 1 is 1.19 bits per heavy atom. The summed E-state index contributed by atoms with van der Waals surface area (Å²) >= 11 is 3.50. The maximum Gasteiger partial charge on any atom is 0.292 e. The Balaban J connectivity index is 1.74. The minimum Gasteiger partial charge on any atom is -0.491 e. The minimum absolute atomic E-state index is 0.0556. The van der Waals surface area contributed by atoms with Crippen molar-refractivity contribution in [3.05, 3.63) is 58.1 Å². The Labute approximate surface area is 167 Å². The lowest BCUT2D eigenvalue weighted by atomic mass is 10.1. The number of para-hydroxylation sites is 1. The fourth-order valence-electron chi connectivity index (χ4n) is 3.55.